The summed E-state index contributed by atoms with van der Waals surface area (Å²) in [6.45, 7) is 0. The van der Waals surface area contributed by atoms with Gasteiger partial charge in [-0.3, -0.25) is 9.78 Å². The minimum absolute atomic E-state index is 0. The van der Waals surface area contributed by atoms with Crippen LogP contribution in [0.1, 0.15) is 23.3 Å². The van der Waals surface area contributed by atoms with Crippen molar-refractivity contribution in [2.24, 2.45) is 0 Å². The summed E-state index contributed by atoms with van der Waals surface area (Å²) in [6, 6.07) is 13.4. The van der Waals surface area contributed by atoms with Crippen LogP contribution in [-0.4, -0.2) is 10.8 Å². The van der Waals surface area contributed by atoms with Gasteiger partial charge in [0.05, 0.1) is 5.69 Å². The van der Waals surface area contributed by atoms with Crippen LogP contribution in [0.2, 0.25) is 0 Å². The van der Waals surface area contributed by atoms with Crippen molar-refractivity contribution >= 4 is 32.5 Å². The van der Waals surface area contributed by atoms with Crippen LogP contribution in [0.3, 0.4) is 0 Å². The maximum absolute atomic E-state index is 12.6. The van der Waals surface area contributed by atoms with Crippen LogP contribution in [0.15, 0.2) is 53.1 Å². The number of hydrogen-bond acceptors (Lipinski definition) is 2. The van der Waals surface area contributed by atoms with Crippen molar-refractivity contribution in [1.29, 1.82) is 0 Å². The minimum Gasteiger partial charge on any atom is -0.289 e. The number of ketones is 1. The number of rotatable bonds is 0. The van der Waals surface area contributed by atoms with E-state index in [4.69, 9.17) is 0 Å². The molecule has 0 saturated heterocycles. The third-order valence-electron chi connectivity index (χ3n) is 3.54. The Morgan fingerprint density at radius 1 is 0.900 bits per heavy atom. The molecule has 0 spiro atoms. The molecule has 3 aromatic rings. The molecule has 0 N–H and O–H groups in total. The van der Waals surface area contributed by atoms with Crippen LogP contribution in [0.5, 0.6) is 0 Å². The van der Waals surface area contributed by atoms with Crippen molar-refractivity contribution in [3.63, 3.8) is 0 Å². The van der Waals surface area contributed by atoms with Crippen LogP contribution in [0.4, 0.5) is 0 Å². The van der Waals surface area contributed by atoms with Gasteiger partial charge in [0.1, 0.15) is 0 Å². The van der Waals surface area contributed by atoms with E-state index in [-0.39, 0.29) is 13.2 Å². The fraction of sp³-hybridized carbons (Fsp3) is 0.0588. The van der Waals surface area contributed by atoms with E-state index in [0.717, 1.165) is 37.6 Å². The Kier molecular flexibility index (Phi) is 2.94. The number of carbonyl (C=O) groups excluding carboxylic acids is 1. The van der Waals surface area contributed by atoms with Gasteiger partial charge in [-0.1, -0.05) is 49.9 Å². The molecule has 0 saturated carbocycles. The lowest BCUT2D eigenvalue weighted by molar-refractivity contribution is 0.104. The predicted octanol–water partition coefficient (Wildman–Crippen LogP) is 4.84. The van der Waals surface area contributed by atoms with E-state index in [2.05, 4.69) is 20.9 Å². The van der Waals surface area contributed by atoms with Crippen molar-refractivity contribution in [1.82, 2.24) is 4.98 Å². The first-order chi connectivity index (χ1) is 9.27. The first-order valence-corrected chi connectivity index (χ1v) is 6.78. The minimum atomic E-state index is 0. The number of halogens is 1. The van der Waals surface area contributed by atoms with E-state index in [1.807, 2.05) is 42.5 Å². The van der Waals surface area contributed by atoms with Gasteiger partial charge < -0.3 is 0 Å². The molecule has 1 aliphatic carbocycles. The van der Waals surface area contributed by atoms with E-state index < -0.39 is 0 Å². The van der Waals surface area contributed by atoms with Gasteiger partial charge in [-0.15, -0.1) is 0 Å². The third-order valence-corrected chi connectivity index (χ3v) is 4.17. The first-order valence-electron chi connectivity index (χ1n) is 5.98. The Morgan fingerprint density at radius 2 is 1.60 bits per heavy atom. The van der Waals surface area contributed by atoms with Gasteiger partial charge in [0.15, 0.2) is 5.78 Å². The average molecular weight is 326 g/mol. The molecule has 0 aliphatic heterocycles. The van der Waals surface area contributed by atoms with E-state index in [1.165, 1.54) is 0 Å². The van der Waals surface area contributed by atoms with Crippen LogP contribution in [-0.2, 0) is 0 Å². The molecule has 3 heteroatoms. The molecule has 1 heterocycles. The van der Waals surface area contributed by atoms with E-state index in [0.29, 0.717) is 0 Å². The largest absolute Gasteiger partial charge is 0.289 e. The lowest BCUT2D eigenvalue weighted by Crippen LogP contribution is -2.10. The second-order valence-corrected chi connectivity index (χ2v) is 5.41. The van der Waals surface area contributed by atoms with Gasteiger partial charge in [0, 0.05) is 38.1 Å². The van der Waals surface area contributed by atoms with Gasteiger partial charge in [-0.05, 0) is 15.9 Å². The highest BCUT2D eigenvalue weighted by Gasteiger charge is 2.25. The molecular formula is C17H12BrNO. The third kappa shape index (κ3) is 1.56. The van der Waals surface area contributed by atoms with Gasteiger partial charge in [-0.25, -0.2) is 0 Å². The smallest absolute Gasteiger partial charge is 0.194 e. The second kappa shape index (κ2) is 4.53. The highest BCUT2D eigenvalue weighted by Crippen LogP contribution is 2.39. The van der Waals surface area contributed by atoms with Crippen molar-refractivity contribution in [3.8, 4) is 11.3 Å². The predicted molar refractivity (Wildman–Crippen MR) is 85.0 cm³/mol. The standard InChI is InChI=1S/C16H8BrNO.CH4/c17-13-8-18-15-9-4-1-2-5-10(9)16(19)12-7-3-6-11(13)14(12)15;/h1-8H;1H4. The molecular weight excluding hydrogens is 314 g/mol. The quantitative estimate of drug-likeness (QED) is 0.463. The normalized spacial score (nSPS) is 11.9. The van der Waals surface area contributed by atoms with Crippen LogP contribution in [0.25, 0.3) is 22.0 Å². The Morgan fingerprint density at radius 3 is 2.40 bits per heavy atom. The van der Waals surface area contributed by atoms with E-state index >= 15 is 0 Å². The molecule has 0 unspecified atom stereocenters. The summed E-state index contributed by atoms with van der Waals surface area (Å²) >= 11 is 3.50. The zero-order valence-corrected chi connectivity index (χ0v) is 11.4. The first kappa shape index (κ1) is 13.0. The Bertz CT molecular complexity index is 855. The van der Waals surface area contributed by atoms with Crippen molar-refractivity contribution in [2.45, 2.75) is 7.43 Å². The van der Waals surface area contributed by atoms with E-state index in [1.54, 1.807) is 6.20 Å². The molecule has 20 heavy (non-hydrogen) atoms. The number of carbonyl (C=O) groups is 1. The van der Waals surface area contributed by atoms with Gasteiger partial charge >= 0.3 is 0 Å². The fourth-order valence-electron chi connectivity index (χ4n) is 2.69. The molecule has 2 aromatic carbocycles. The number of pyridine rings is 1. The average Bonchev–Trinajstić information content (AvgIpc) is 2.46. The highest BCUT2D eigenvalue weighted by molar-refractivity contribution is 9.10. The van der Waals surface area contributed by atoms with Gasteiger partial charge in [0.2, 0.25) is 0 Å². The summed E-state index contributed by atoms with van der Waals surface area (Å²) < 4.78 is 0.917. The lowest BCUT2D eigenvalue weighted by Gasteiger charge is -2.19. The highest BCUT2D eigenvalue weighted by atomic mass is 79.9. The van der Waals surface area contributed by atoms with Crippen molar-refractivity contribution in [3.05, 3.63) is 64.3 Å². The summed E-state index contributed by atoms with van der Waals surface area (Å²) in [6.07, 6.45) is 1.80. The Labute approximate surface area is 125 Å². The molecule has 98 valence electrons. The van der Waals surface area contributed by atoms with E-state index in [9.17, 15) is 4.79 Å². The molecule has 0 radical (unpaired) electrons. The summed E-state index contributed by atoms with van der Waals surface area (Å²) in [7, 11) is 0. The number of nitrogens with zero attached hydrogens (tertiary/aromatic N) is 1. The van der Waals surface area contributed by atoms with Crippen LogP contribution < -0.4 is 0 Å². The maximum Gasteiger partial charge on any atom is 0.194 e. The molecule has 0 bridgehead atoms. The lowest BCUT2D eigenvalue weighted by atomic mass is 9.86. The summed E-state index contributed by atoms with van der Waals surface area (Å²) in [5, 5.41) is 1.98. The molecule has 2 nitrogen and oxygen atoms in total. The zero-order valence-electron chi connectivity index (χ0n) is 9.85. The molecule has 4 rings (SSSR count). The van der Waals surface area contributed by atoms with Gasteiger partial charge in [-0.2, -0.15) is 0 Å². The molecule has 0 amide bonds. The summed E-state index contributed by atoms with van der Waals surface area (Å²) in [4.78, 5) is 17.1. The topological polar surface area (TPSA) is 30.0 Å². The fourth-order valence-corrected chi connectivity index (χ4v) is 3.12. The van der Waals surface area contributed by atoms with Crippen LogP contribution >= 0.6 is 15.9 Å². The second-order valence-electron chi connectivity index (χ2n) is 4.56. The molecule has 1 aromatic heterocycles. The zero-order chi connectivity index (χ0) is 13.0. The van der Waals surface area contributed by atoms with Crippen molar-refractivity contribution in [2.75, 3.05) is 0 Å². The molecule has 0 atom stereocenters. The van der Waals surface area contributed by atoms with Crippen molar-refractivity contribution < 1.29 is 4.79 Å². The Hall–Kier alpha value is -2.00. The molecule has 0 fully saturated rings. The number of hydrogen-bond donors (Lipinski definition) is 0. The molecule has 1 aliphatic rings. The Balaban J connectivity index is 0.00000121. The number of benzene rings is 2. The van der Waals surface area contributed by atoms with Crippen LogP contribution in [0, 0.1) is 0 Å². The van der Waals surface area contributed by atoms with Gasteiger partial charge in [0.25, 0.3) is 0 Å². The number of aromatic nitrogens is 1. The monoisotopic (exact) mass is 325 g/mol. The summed E-state index contributed by atoms with van der Waals surface area (Å²) in [5.41, 5.74) is 3.28. The summed E-state index contributed by atoms with van der Waals surface area (Å²) in [5.74, 6) is 0.0774. The SMILES string of the molecule is C.O=C1c2ccccc2-c2ncc(Br)c3cccc1c23. The maximum atomic E-state index is 12.6. The number of fused-ring (bicyclic) bond motifs is 2.